The molecular formula is C21H20N4O3. The summed E-state index contributed by atoms with van der Waals surface area (Å²) in [5.41, 5.74) is 2.31. The molecule has 0 unspecified atom stereocenters. The Balaban J connectivity index is 1.62. The van der Waals surface area contributed by atoms with Crippen LogP contribution in [0.15, 0.2) is 67.0 Å². The Kier molecular flexibility index (Phi) is 5.96. The Morgan fingerprint density at radius 2 is 1.71 bits per heavy atom. The molecule has 1 heterocycles. The summed E-state index contributed by atoms with van der Waals surface area (Å²) in [6.45, 7) is 0.688. The second-order valence-electron chi connectivity index (χ2n) is 6.12. The van der Waals surface area contributed by atoms with Gasteiger partial charge in [0, 0.05) is 19.3 Å². The third kappa shape index (κ3) is 4.70. The van der Waals surface area contributed by atoms with Crippen LogP contribution < -0.4 is 10.2 Å². The first kappa shape index (κ1) is 19.0. The predicted molar refractivity (Wildman–Crippen MR) is 106 cm³/mol. The van der Waals surface area contributed by atoms with E-state index in [1.165, 1.54) is 13.3 Å². The molecule has 1 N–H and O–H groups in total. The number of esters is 1. The number of hydrogen-bond acceptors (Lipinski definition) is 6. The highest BCUT2D eigenvalue weighted by molar-refractivity contribution is 6.03. The standard InChI is InChI=1S/C21H20N4O3/c1-25(14-15-6-4-3-5-7-15)19-13-22-18(12-23-19)20(26)24-17-10-8-16(9-11-17)21(27)28-2/h3-13H,14H2,1-2H3,(H,24,26). The fourth-order valence-electron chi connectivity index (χ4n) is 2.58. The van der Waals surface area contributed by atoms with Crippen LogP contribution in [0, 0.1) is 0 Å². The summed E-state index contributed by atoms with van der Waals surface area (Å²) < 4.78 is 4.65. The van der Waals surface area contributed by atoms with Crippen molar-refractivity contribution >= 4 is 23.4 Å². The summed E-state index contributed by atoms with van der Waals surface area (Å²) in [6.07, 6.45) is 3.01. The van der Waals surface area contributed by atoms with E-state index in [-0.39, 0.29) is 11.6 Å². The van der Waals surface area contributed by atoms with E-state index >= 15 is 0 Å². The lowest BCUT2D eigenvalue weighted by Gasteiger charge is -2.17. The minimum absolute atomic E-state index is 0.203. The van der Waals surface area contributed by atoms with Gasteiger partial charge in [0.15, 0.2) is 0 Å². The van der Waals surface area contributed by atoms with Crippen LogP contribution in [0.4, 0.5) is 11.5 Å². The van der Waals surface area contributed by atoms with E-state index in [1.54, 1.807) is 30.5 Å². The SMILES string of the molecule is COC(=O)c1ccc(NC(=O)c2cnc(N(C)Cc3ccccc3)cn2)cc1. The van der Waals surface area contributed by atoms with E-state index < -0.39 is 5.97 Å². The number of rotatable bonds is 6. The molecule has 0 aliphatic heterocycles. The van der Waals surface area contributed by atoms with Crippen molar-refractivity contribution in [1.29, 1.82) is 0 Å². The van der Waals surface area contributed by atoms with Crippen molar-refractivity contribution in [3.05, 3.63) is 83.8 Å². The highest BCUT2D eigenvalue weighted by Gasteiger charge is 2.11. The smallest absolute Gasteiger partial charge is 0.337 e. The van der Waals surface area contributed by atoms with E-state index in [0.717, 1.165) is 5.56 Å². The second kappa shape index (κ2) is 8.77. The molecule has 7 heteroatoms. The van der Waals surface area contributed by atoms with E-state index in [2.05, 4.69) is 20.0 Å². The first-order valence-electron chi connectivity index (χ1n) is 8.63. The number of carbonyl (C=O) groups is 2. The van der Waals surface area contributed by atoms with E-state index in [0.29, 0.717) is 23.6 Å². The molecule has 1 amide bonds. The fraction of sp³-hybridized carbons (Fsp3) is 0.143. The number of carbonyl (C=O) groups excluding carboxylic acids is 2. The van der Waals surface area contributed by atoms with Crippen LogP contribution in [0.2, 0.25) is 0 Å². The Hall–Kier alpha value is -3.74. The van der Waals surface area contributed by atoms with Crippen LogP contribution in [0.3, 0.4) is 0 Å². The summed E-state index contributed by atoms with van der Waals surface area (Å²) in [5, 5.41) is 2.72. The van der Waals surface area contributed by atoms with E-state index in [9.17, 15) is 9.59 Å². The average Bonchev–Trinajstić information content (AvgIpc) is 2.74. The molecule has 142 valence electrons. The van der Waals surface area contributed by atoms with Crippen molar-refractivity contribution in [2.45, 2.75) is 6.54 Å². The molecule has 0 spiro atoms. The lowest BCUT2D eigenvalue weighted by atomic mass is 10.2. The predicted octanol–water partition coefficient (Wildman–Crippen LogP) is 3.15. The van der Waals surface area contributed by atoms with Crippen LogP contribution >= 0.6 is 0 Å². The lowest BCUT2D eigenvalue weighted by Crippen LogP contribution is -2.19. The Morgan fingerprint density at radius 3 is 2.32 bits per heavy atom. The van der Waals surface area contributed by atoms with E-state index in [1.807, 2.05) is 42.3 Å². The first-order chi connectivity index (χ1) is 13.6. The number of nitrogens with one attached hydrogen (secondary N) is 1. The number of methoxy groups -OCH3 is 1. The third-order valence-corrected chi connectivity index (χ3v) is 4.09. The van der Waals surface area contributed by atoms with Gasteiger partial charge in [-0.05, 0) is 29.8 Å². The molecule has 1 aromatic heterocycles. The van der Waals surface area contributed by atoms with Crippen molar-refractivity contribution in [3.8, 4) is 0 Å². The van der Waals surface area contributed by atoms with Gasteiger partial charge in [-0.3, -0.25) is 4.79 Å². The van der Waals surface area contributed by atoms with Gasteiger partial charge in [-0.1, -0.05) is 30.3 Å². The van der Waals surface area contributed by atoms with Crippen molar-refractivity contribution in [2.75, 3.05) is 24.4 Å². The molecule has 3 rings (SSSR count). The fourth-order valence-corrected chi connectivity index (χ4v) is 2.58. The summed E-state index contributed by atoms with van der Waals surface area (Å²) in [7, 11) is 3.23. The molecule has 0 atom stereocenters. The van der Waals surface area contributed by atoms with Gasteiger partial charge >= 0.3 is 5.97 Å². The van der Waals surface area contributed by atoms with Crippen LogP contribution in [0.25, 0.3) is 0 Å². The number of benzene rings is 2. The molecule has 3 aromatic rings. The van der Waals surface area contributed by atoms with Gasteiger partial charge in [-0.15, -0.1) is 0 Å². The van der Waals surface area contributed by atoms with Gasteiger partial charge in [-0.25, -0.2) is 14.8 Å². The maximum Gasteiger partial charge on any atom is 0.337 e. The lowest BCUT2D eigenvalue weighted by molar-refractivity contribution is 0.0600. The number of hydrogen-bond donors (Lipinski definition) is 1. The molecule has 0 saturated carbocycles. The number of nitrogens with zero attached hydrogens (tertiary/aromatic N) is 3. The van der Waals surface area contributed by atoms with E-state index in [4.69, 9.17) is 0 Å². The van der Waals surface area contributed by atoms with Gasteiger partial charge in [0.2, 0.25) is 0 Å². The van der Waals surface area contributed by atoms with Crippen LogP contribution in [-0.4, -0.2) is 36.0 Å². The van der Waals surface area contributed by atoms with Crippen LogP contribution in [0.1, 0.15) is 26.4 Å². The monoisotopic (exact) mass is 376 g/mol. The quantitative estimate of drug-likeness (QED) is 0.665. The van der Waals surface area contributed by atoms with Crippen molar-refractivity contribution in [3.63, 3.8) is 0 Å². The molecule has 0 radical (unpaired) electrons. The molecule has 2 aromatic carbocycles. The van der Waals surface area contributed by atoms with Gasteiger partial charge < -0.3 is 15.0 Å². The average molecular weight is 376 g/mol. The zero-order chi connectivity index (χ0) is 19.9. The minimum atomic E-state index is -0.432. The normalized spacial score (nSPS) is 10.2. The van der Waals surface area contributed by atoms with Gasteiger partial charge in [-0.2, -0.15) is 0 Å². The summed E-state index contributed by atoms with van der Waals surface area (Å²) in [4.78, 5) is 34.3. The third-order valence-electron chi connectivity index (χ3n) is 4.09. The summed E-state index contributed by atoms with van der Waals surface area (Å²) >= 11 is 0. The second-order valence-corrected chi connectivity index (χ2v) is 6.12. The molecule has 0 bridgehead atoms. The number of ether oxygens (including phenoxy) is 1. The number of anilines is 2. The Labute approximate surface area is 163 Å². The molecule has 0 fully saturated rings. The highest BCUT2D eigenvalue weighted by Crippen LogP contribution is 2.14. The summed E-state index contributed by atoms with van der Waals surface area (Å²) in [5.74, 6) is -0.141. The maximum absolute atomic E-state index is 12.3. The molecule has 0 saturated heterocycles. The van der Waals surface area contributed by atoms with Gasteiger partial charge in [0.1, 0.15) is 11.5 Å². The Bertz CT molecular complexity index is 942. The largest absolute Gasteiger partial charge is 0.465 e. The zero-order valence-electron chi connectivity index (χ0n) is 15.6. The minimum Gasteiger partial charge on any atom is -0.465 e. The molecule has 0 aliphatic carbocycles. The molecular weight excluding hydrogens is 356 g/mol. The molecule has 0 aliphatic rings. The maximum atomic E-state index is 12.3. The van der Waals surface area contributed by atoms with Crippen LogP contribution in [0.5, 0.6) is 0 Å². The highest BCUT2D eigenvalue weighted by atomic mass is 16.5. The first-order valence-corrected chi connectivity index (χ1v) is 8.63. The summed E-state index contributed by atoms with van der Waals surface area (Å²) in [6, 6.07) is 16.4. The number of aromatic nitrogens is 2. The zero-order valence-corrected chi connectivity index (χ0v) is 15.6. The Morgan fingerprint density at radius 1 is 1.00 bits per heavy atom. The van der Waals surface area contributed by atoms with Gasteiger partial charge in [0.05, 0.1) is 25.1 Å². The molecule has 28 heavy (non-hydrogen) atoms. The van der Waals surface area contributed by atoms with Crippen molar-refractivity contribution in [2.24, 2.45) is 0 Å². The van der Waals surface area contributed by atoms with Crippen LogP contribution in [-0.2, 0) is 11.3 Å². The number of amides is 1. The topological polar surface area (TPSA) is 84.4 Å². The molecule has 7 nitrogen and oxygen atoms in total. The van der Waals surface area contributed by atoms with Gasteiger partial charge in [0.25, 0.3) is 5.91 Å². The van der Waals surface area contributed by atoms with Crippen molar-refractivity contribution in [1.82, 2.24) is 9.97 Å². The van der Waals surface area contributed by atoms with Crippen molar-refractivity contribution < 1.29 is 14.3 Å².